The maximum atomic E-state index is 10.1. The molecule has 11 heavy (non-hydrogen) atoms. The highest BCUT2D eigenvalue weighted by atomic mass is 31.1. The van der Waals surface area contributed by atoms with Crippen LogP contribution in [0.4, 0.5) is 0 Å². The van der Waals surface area contributed by atoms with Gasteiger partial charge >= 0.3 is 0 Å². The van der Waals surface area contributed by atoms with E-state index in [1.165, 1.54) is 44.9 Å². The molecule has 0 heterocycles. The molecule has 0 N–H and O–H groups in total. The Morgan fingerprint density at radius 1 is 0.909 bits per heavy atom. The molecule has 1 nitrogen and oxygen atoms in total. The molecule has 2 heteroatoms. The van der Waals surface area contributed by atoms with E-state index in [0.717, 1.165) is 6.16 Å². The Morgan fingerprint density at radius 2 is 1.45 bits per heavy atom. The van der Waals surface area contributed by atoms with Crippen LogP contribution in [0.1, 0.15) is 51.9 Å². The van der Waals surface area contributed by atoms with Crippen LogP contribution >= 0.6 is 8.46 Å². The minimum absolute atomic E-state index is 0.480. The first-order chi connectivity index (χ1) is 5.41. The predicted molar refractivity (Wildman–Crippen MR) is 53.3 cm³/mol. The molecule has 0 aromatic heterocycles. The molecule has 0 radical (unpaired) electrons. The van der Waals surface area contributed by atoms with E-state index in [1.807, 2.05) is 0 Å². The molecular formula is C9H21OP. The van der Waals surface area contributed by atoms with Crippen molar-refractivity contribution in [2.75, 3.05) is 6.16 Å². The molecule has 0 aromatic carbocycles. The first kappa shape index (κ1) is 11.2. The summed E-state index contributed by atoms with van der Waals surface area (Å²) in [5, 5.41) is 0. The third-order valence-corrected chi connectivity index (χ3v) is 2.57. The number of hydrogen-bond donors (Lipinski definition) is 0. The van der Waals surface area contributed by atoms with Crippen molar-refractivity contribution in [3.05, 3.63) is 0 Å². The Bertz CT molecular complexity index is 83.6. The average molecular weight is 176 g/mol. The third-order valence-electron chi connectivity index (χ3n) is 1.93. The summed E-state index contributed by atoms with van der Waals surface area (Å²) in [6.07, 6.45) is 10.3. The minimum atomic E-state index is -0.480. The van der Waals surface area contributed by atoms with Crippen molar-refractivity contribution in [1.82, 2.24) is 0 Å². The van der Waals surface area contributed by atoms with Gasteiger partial charge in [0.1, 0.15) is 0 Å². The Morgan fingerprint density at radius 3 is 2.00 bits per heavy atom. The summed E-state index contributed by atoms with van der Waals surface area (Å²) in [4.78, 5) is 0. The van der Waals surface area contributed by atoms with Crippen LogP contribution in [0, 0.1) is 0 Å². The van der Waals surface area contributed by atoms with Crippen LogP contribution in [0.2, 0.25) is 0 Å². The van der Waals surface area contributed by atoms with E-state index in [2.05, 4.69) is 6.92 Å². The van der Waals surface area contributed by atoms with E-state index in [-0.39, 0.29) is 0 Å². The van der Waals surface area contributed by atoms with E-state index >= 15 is 0 Å². The molecule has 0 saturated heterocycles. The van der Waals surface area contributed by atoms with Gasteiger partial charge in [0.2, 0.25) is 0 Å². The molecule has 0 bridgehead atoms. The van der Waals surface area contributed by atoms with E-state index in [4.69, 9.17) is 0 Å². The Balaban J connectivity index is 2.74. The van der Waals surface area contributed by atoms with Gasteiger partial charge in [-0.25, -0.2) is 0 Å². The predicted octanol–water partition coefficient (Wildman–Crippen LogP) is 3.49. The number of unbranched alkanes of at least 4 members (excludes halogenated alkanes) is 6. The Hall–Kier alpha value is 0.230. The molecule has 68 valence electrons. The Labute approximate surface area is 71.8 Å². The molecule has 0 aliphatic carbocycles. The molecular weight excluding hydrogens is 155 g/mol. The SMILES string of the molecule is CCCCCCCCC[PH2]=O. The fourth-order valence-corrected chi connectivity index (χ4v) is 1.64. The van der Waals surface area contributed by atoms with Crippen LogP contribution in [0.5, 0.6) is 0 Å². The fourth-order valence-electron chi connectivity index (χ4n) is 1.18. The lowest BCUT2D eigenvalue weighted by Crippen LogP contribution is -1.79. The summed E-state index contributed by atoms with van der Waals surface area (Å²) in [7, 11) is -0.480. The van der Waals surface area contributed by atoms with Crippen LogP contribution in [0.3, 0.4) is 0 Å². The highest BCUT2D eigenvalue weighted by molar-refractivity contribution is 7.23. The molecule has 1 atom stereocenters. The van der Waals surface area contributed by atoms with Gasteiger partial charge in [-0.05, 0) is 12.6 Å². The summed E-state index contributed by atoms with van der Waals surface area (Å²) >= 11 is 0. The van der Waals surface area contributed by atoms with Crippen molar-refractivity contribution in [3.63, 3.8) is 0 Å². The maximum absolute atomic E-state index is 10.1. The van der Waals surface area contributed by atoms with Gasteiger partial charge in [-0.3, -0.25) is 0 Å². The molecule has 0 aromatic rings. The van der Waals surface area contributed by atoms with Gasteiger partial charge in [-0.1, -0.05) is 45.4 Å². The second kappa shape index (κ2) is 10.2. The lowest BCUT2D eigenvalue weighted by molar-refractivity contribution is 0.586. The van der Waals surface area contributed by atoms with Crippen LogP contribution in [-0.2, 0) is 4.57 Å². The van der Waals surface area contributed by atoms with Crippen molar-refractivity contribution in [3.8, 4) is 0 Å². The van der Waals surface area contributed by atoms with E-state index in [1.54, 1.807) is 0 Å². The minimum Gasteiger partial charge on any atom is -0.330 e. The fraction of sp³-hybridized carbons (Fsp3) is 1.00. The summed E-state index contributed by atoms with van der Waals surface area (Å²) in [6.45, 7) is 2.24. The lowest BCUT2D eigenvalue weighted by atomic mass is 10.1. The Kier molecular flexibility index (Phi) is 10.4. The molecule has 1 unspecified atom stereocenters. The average Bonchev–Trinajstić information content (AvgIpc) is 2.03. The zero-order valence-corrected chi connectivity index (χ0v) is 8.80. The number of hydrogen-bond acceptors (Lipinski definition) is 1. The van der Waals surface area contributed by atoms with Crippen LogP contribution in [0.25, 0.3) is 0 Å². The maximum Gasteiger partial charge on any atom is 0.0645 e. The van der Waals surface area contributed by atoms with Crippen LogP contribution < -0.4 is 0 Å². The highest BCUT2D eigenvalue weighted by Crippen LogP contribution is 2.08. The van der Waals surface area contributed by atoms with Gasteiger partial charge in [0.05, 0.1) is 8.46 Å². The smallest absolute Gasteiger partial charge is 0.0645 e. The second-order valence-electron chi connectivity index (χ2n) is 3.08. The molecule has 0 saturated carbocycles. The van der Waals surface area contributed by atoms with Gasteiger partial charge in [-0.2, -0.15) is 0 Å². The van der Waals surface area contributed by atoms with Crippen molar-refractivity contribution >= 4 is 8.46 Å². The lowest BCUT2D eigenvalue weighted by Gasteiger charge is -1.97. The normalized spacial score (nSPS) is 11.4. The van der Waals surface area contributed by atoms with Gasteiger partial charge in [0.25, 0.3) is 0 Å². The van der Waals surface area contributed by atoms with Gasteiger partial charge in [-0.15, -0.1) is 0 Å². The summed E-state index contributed by atoms with van der Waals surface area (Å²) in [5.41, 5.74) is 0. The van der Waals surface area contributed by atoms with Crippen molar-refractivity contribution in [2.24, 2.45) is 0 Å². The molecule has 0 aliphatic heterocycles. The van der Waals surface area contributed by atoms with Crippen molar-refractivity contribution < 1.29 is 4.57 Å². The van der Waals surface area contributed by atoms with Crippen LogP contribution in [-0.4, -0.2) is 6.16 Å². The second-order valence-corrected chi connectivity index (χ2v) is 3.99. The standard InChI is InChI=1S/C9H21OP/c1-2-3-4-5-6-7-8-9-11-10/h2-9,11H2,1H3. The zero-order chi connectivity index (χ0) is 8.36. The summed E-state index contributed by atoms with van der Waals surface area (Å²) < 4.78 is 10.1. The molecule has 0 amide bonds. The highest BCUT2D eigenvalue weighted by Gasteiger charge is 1.88. The van der Waals surface area contributed by atoms with Crippen molar-refractivity contribution in [2.45, 2.75) is 51.9 Å². The van der Waals surface area contributed by atoms with Gasteiger partial charge in [0.15, 0.2) is 0 Å². The topological polar surface area (TPSA) is 17.1 Å². The van der Waals surface area contributed by atoms with Crippen LogP contribution in [0.15, 0.2) is 0 Å². The first-order valence-corrected chi connectivity index (χ1v) is 6.14. The van der Waals surface area contributed by atoms with E-state index in [0.29, 0.717) is 0 Å². The zero-order valence-electron chi connectivity index (χ0n) is 7.64. The van der Waals surface area contributed by atoms with E-state index in [9.17, 15) is 4.57 Å². The number of rotatable bonds is 8. The molecule has 0 rings (SSSR count). The molecule has 0 aliphatic rings. The van der Waals surface area contributed by atoms with Gasteiger partial charge in [0, 0.05) is 0 Å². The largest absolute Gasteiger partial charge is 0.330 e. The third kappa shape index (κ3) is 10.2. The molecule has 0 fully saturated rings. The summed E-state index contributed by atoms with van der Waals surface area (Å²) in [5.74, 6) is 0. The van der Waals surface area contributed by atoms with E-state index < -0.39 is 8.46 Å². The van der Waals surface area contributed by atoms with Crippen molar-refractivity contribution in [1.29, 1.82) is 0 Å². The quantitative estimate of drug-likeness (QED) is 0.408. The summed E-state index contributed by atoms with van der Waals surface area (Å²) in [6, 6.07) is 0. The molecule has 0 spiro atoms. The monoisotopic (exact) mass is 176 g/mol. The first-order valence-electron chi connectivity index (χ1n) is 4.85. The van der Waals surface area contributed by atoms with Gasteiger partial charge < -0.3 is 4.57 Å².